The molecule has 1 heteroatoms. The van der Waals surface area contributed by atoms with E-state index in [-0.39, 0.29) is 0 Å². The van der Waals surface area contributed by atoms with Gasteiger partial charge in [0.05, 0.1) is 0 Å². The summed E-state index contributed by atoms with van der Waals surface area (Å²) in [7, 11) is 1.06. The molecule has 1 unspecified atom stereocenters. The van der Waals surface area contributed by atoms with Crippen molar-refractivity contribution in [3.8, 4) is 0 Å². The fourth-order valence-electron chi connectivity index (χ4n) is 0.716. The summed E-state index contributed by atoms with van der Waals surface area (Å²) >= 11 is 0. The van der Waals surface area contributed by atoms with Gasteiger partial charge < -0.3 is 0 Å². The zero-order valence-electron chi connectivity index (χ0n) is 7.19. The molecule has 0 spiro atoms. The Labute approximate surface area is 66.9 Å². The van der Waals surface area contributed by atoms with Crippen molar-refractivity contribution in [1.29, 1.82) is 0 Å². The Morgan fingerprint density at radius 1 is 1.20 bits per heavy atom. The average molecular weight is 158 g/mol. The molecule has 0 saturated heterocycles. The van der Waals surface area contributed by atoms with Crippen molar-refractivity contribution in [2.24, 2.45) is 0 Å². The van der Waals surface area contributed by atoms with Crippen molar-refractivity contribution < 1.29 is 0 Å². The standard InChI is InChI=1S/C9H19P/c1-3-5-6-7-9-10-8-4-2/h7,9-10H,3-6,8H2,1-2H3. The minimum absolute atomic E-state index is 1.06. The highest BCUT2D eigenvalue weighted by Crippen LogP contribution is 2.13. The molecule has 0 heterocycles. The van der Waals surface area contributed by atoms with Crippen molar-refractivity contribution in [2.75, 3.05) is 6.16 Å². The highest BCUT2D eigenvalue weighted by atomic mass is 31.1. The van der Waals surface area contributed by atoms with Crippen molar-refractivity contribution in [3.05, 3.63) is 11.9 Å². The molecular formula is C9H19P. The molecular weight excluding hydrogens is 139 g/mol. The molecule has 0 amide bonds. The Balaban J connectivity index is 2.89. The average Bonchev–Trinajstić information content (AvgIpc) is 1.97. The molecule has 0 nitrogen and oxygen atoms in total. The fourth-order valence-corrected chi connectivity index (χ4v) is 1.50. The molecule has 0 aromatic heterocycles. The maximum Gasteiger partial charge on any atom is -0.0321 e. The molecule has 0 bridgehead atoms. The Bertz CT molecular complexity index is 66.8. The van der Waals surface area contributed by atoms with Crippen LogP contribution in [0.4, 0.5) is 0 Å². The minimum atomic E-state index is 1.06. The highest BCUT2D eigenvalue weighted by molar-refractivity contribution is 7.41. The van der Waals surface area contributed by atoms with E-state index in [1.54, 1.807) is 0 Å². The lowest BCUT2D eigenvalue weighted by atomic mass is 10.2. The van der Waals surface area contributed by atoms with Crippen LogP contribution in [0.1, 0.15) is 39.5 Å². The normalized spacial score (nSPS) is 12.2. The Kier molecular flexibility index (Phi) is 9.33. The van der Waals surface area contributed by atoms with Crippen LogP contribution < -0.4 is 0 Å². The van der Waals surface area contributed by atoms with Gasteiger partial charge in [-0.15, -0.1) is 0 Å². The summed E-state index contributed by atoms with van der Waals surface area (Å²) in [6.07, 6.45) is 9.00. The Morgan fingerprint density at radius 3 is 2.60 bits per heavy atom. The van der Waals surface area contributed by atoms with Crippen LogP contribution in [0.5, 0.6) is 0 Å². The Hall–Kier alpha value is 0.170. The van der Waals surface area contributed by atoms with Gasteiger partial charge in [-0.25, -0.2) is 0 Å². The molecule has 0 aliphatic carbocycles. The summed E-state index contributed by atoms with van der Waals surface area (Å²) in [6.45, 7) is 4.48. The lowest BCUT2D eigenvalue weighted by Gasteiger charge is -1.89. The maximum absolute atomic E-state index is 2.35. The van der Waals surface area contributed by atoms with Gasteiger partial charge in [-0.05, 0) is 12.6 Å². The van der Waals surface area contributed by atoms with Crippen molar-refractivity contribution in [2.45, 2.75) is 39.5 Å². The van der Waals surface area contributed by atoms with E-state index < -0.39 is 0 Å². The van der Waals surface area contributed by atoms with Crippen molar-refractivity contribution >= 4 is 8.58 Å². The first-order valence-corrected chi connectivity index (χ1v) is 5.58. The number of allylic oxidation sites excluding steroid dienone is 1. The number of unbranched alkanes of at least 4 members (excludes halogenated alkanes) is 2. The summed E-state index contributed by atoms with van der Waals surface area (Å²) in [6, 6.07) is 0. The molecule has 0 rings (SSSR count). The zero-order chi connectivity index (χ0) is 7.66. The molecule has 0 aromatic carbocycles. The lowest BCUT2D eigenvalue weighted by molar-refractivity contribution is 0.815. The van der Waals surface area contributed by atoms with E-state index in [1.807, 2.05) is 0 Å². The van der Waals surface area contributed by atoms with E-state index in [4.69, 9.17) is 0 Å². The van der Waals surface area contributed by atoms with Gasteiger partial charge in [0.2, 0.25) is 0 Å². The maximum atomic E-state index is 2.35. The van der Waals surface area contributed by atoms with Crippen LogP contribution in [0.2, 0.25) is 0 Å². The second kappa shape index (κ2) is 9.17. The van der Waals surface area contributed by atoms with Gasteiger partial charge in [-0.1, -0.05) is 53.6 Å². The number of hydrogen-bond donors (Lipinski definition) is 0. The molecule has 1 atom stereocenters. The van der Waals surface area contributed by atoms with Crippen molar-refractivity contribution in [3.63, 3.8) is 0 Å². The first-order valence-electron chi connectivity index (χ1n) is 4.30. The van der Waals surface area contributed by atoms with E-state index in [0.717, 1.165) is 8.58 Å². The van der Waals surface area contributed by atoms with Crippen molar-refractivity contribution in [1.82, 2.24) is 0 Å². The van der Waals surface area contributed by atoms with Crippen LogP contribution in [0.25, 0.3) is 0 Å². The third-order valence-corrected chi connectivity index (χ3v) is 2.61. The SMILES string of the molecule is CCCCC=CPCCC. The quantitative estimate of drug-likeness (QED) is 0.407. The van der Waals surface area contributed by atoms with Gasteiger partial charge >= 0.3 is 0 Å². The van der Waals surface area contributed by atoms with Crippen LogP contribution >= 0.6 is 8.58 Å². The number of rotatable bonds is 6. The van der Waals surface area contributed by atoms with Gasteiger partial charge in [-0.3, -0.25) is 0 Å². The van der Waals surface area contributed by atoms with Gasteiger partial charge in [0, 0.05) is 0 Å². The van der Waals surface area contributed by atoms with Crippen LogP contribution in [-0.4, -0.2) is 6.16 Å². The molecule has 0 aliphatic rings. The summed E-state index contributed by atoms with van der Waals surface area (Å²) in [5, 5.41) is 0. The Morgan fingerprint density at radius 2 is 2.00 bits per heavy atom. The zero-order valence-corrected chi connectivity index (χ0v) is 8.19. The molecule has 0 aromatic rings. The van der Waals surface area contributed by atoms with E-state index in [2.05, 4.69) is 25.7 Å². The molecule has 0 radical (unpaired) electrons. The van der Waals surface area contributed by atoms with Crippen LogP contribution in [0.15, 0.2) is 11.9 Å². The van der Waals surface area contributed by atoms with E-state index in [1.165, 1.54) is 31.8 Å². The van der Waals surface area contributed by atoms with Crippen LogP contribution in [0.3, 0.4) is 0 Å². The summed E-state index contributed by atoms with van der Waals surface area (Å²) in [5.41, 5.74) is 0. The topological polar surface area (TPSA) is 0 Å². The minimum Gasteiger partial charge on any atom is -0.0988 e. The predicted molar refractivity (Wildman–Crippen MR) is 52.1 cm³/mol. The second-order valence-corrected chi connectivity index (χ2v) is 3.74. The van der Waals surface area contributed by atoms with E-state index in [0.29, 0.717) is 0 Å². The smallest absolute Gasteiger partial charge is 0.0321 e. The summed E-state index contributed by atoms with van der Waals surface area (Å²) in [5.74, 6) is 2.35. The molecule has 0 aliphatic heterocycles. The summed E-state index contributed by atoms with van der Waals surface area (Å²) < 4.78 is 0. The first kappa shape index (κ1) is 10.2. The predicted octanol–water partition coefficient (Wildman–Crippen LogP) is 3.78. The van der Waals surface area contributed by atoms with Gasteiger partial charge in [-0.2, -0.15) is 0 Å². The first-order chi connectivity index (χ1) is 4.91. The van der Waals surface area contributed by atoms with E-state index >= 15 is 0 Å². The van der Waals surface area contributed by atoms with Gasteiger partial charge in [0.25, 0.3) is 0 Å². The number of hydrogen-bond acceptors (Lipinski definition) is 0. The third kappa shape index (κ3) is 8.17. The highest BCUT2D eigenvalue weighted by Gasteiger charge is 1.78. The monoisotopic (exact) mass is 158 g/mol. The largest absolute Gasteiger partial charge is 0.0988 e. The molecule has 10 heavy (non-hydrogen) atoms. The van der Waals surface area contributed by atoms with Crippen LogP contribution in [0, 0.1) is 0 Å². The third-order valence-electron chi connectivity index (χ3n) is 1.35. The van der Waals surface area contributed by atoms with E-state index in [9.17, 15) is 0 Å². The second-order valence-electron chi connectivity index (χ2n) is 2.50. The fraction of sp³-hybridized carbons (Fsp3) is 0.778. The van der Waals surface area contributed by atoms with Gasteiger partial charge in [0.1, 0.15) is 0 Å². The lowest BCUT2D eigenvalue weighted by Crippen LogP contribution is -1.66. The molecule has 0 N–H and O–H groups in total. The van der Waals surface area contributed by atoms with Gasteiger partial charge in [0.15, 0.2) is 0 Å². The molecule has 0 saturated carbocycles. The molecule has 0 fully saturated rings. The molecule has 60 valence electrons. The summed E-state index contributed by atoms with van der Waals surface area (Å²) in [4.78, 5) is 0. The van der Waals surface area contributed by atoms with Crippen LogP contribution in [-0.2, 0) is 0 Å².